The van der Waals surface area contributed by atoms with Gasteiger partial charge in [-0.1, -0.05) is 5.76 Å². The summed E-state index contributed by atoms with van der Waals surface area (Å²) in [6.45, 7) is 0. The highest BCUT2D eigenvalue weighted by molar-refractivity contribution is 8.04. The quantitative estimate of drug-likeness (QED) is 0.854. The van der Waals surface area contributed by atoms with Crippen LogP contribution in [0.1, 0.15) is 5.56 Å². The van der Waals surface area contributed by atoms with Gasteiger partial charge in [0.1, 0.15) is 6.10 Å². The third kappa shape index (κ3) is 2.63. The average molecular weight is 300 g/mol. The van der Waals surface area contributed by atoms with Crippen LogP contribution in [0.4, 0.5) is 0 Å². The Labute approximate surface area is 125 Å². The Morgan fingerprint density at radius 3 is 2.50 bits per heavy atom. The predicted molar refractivity (Wildman–Crippen MR) is 83.7 cm³/mol. The molecule has 2 nitrogen and oxygen atoms in total. The molecule has 0 spiro atoms. The second-order valence-electron chi connectivity index (χ2n) is 4.41. The van der Waals surface area contributed by atoms with Gasteiger partial charge in [0.15, 0.2) is 10.8 Å². The average Bonchev–Trinajstić information content (AvgIpc) is 2.52. The minimum absolute atomic E-state index is 0.0717. The van der Waals surface area contributed by atoms with Crippen LogP contribution in [-0.4, -0.2) is 11.2 Å². The molecule has 1 aliphatic heterocycles. The van der Waals surface area contributed by atoms with Crippen LogP contribution in [0.25, 0.3) is 6.08 Å². The molecule has 0 bridgehead atoms. The summed E-state index contributed by atoms with van der Waals surface area (Å²) in [6.07, 6.45) is 6.58. The number of aliphatic hydroxyl groups is 1. The summed E-state index contributed by atoms with van der Waals surface area (Å²) in [7, 11) is 0. The molecule has 4 heteroatoms. The smallest absolute Gasteiger partial charge is 0.211 e. The van der Waals surface area contributed by atoms with E-state index in [2.05, 4.69) is 0 Å². The van der Waals surface area contributed by atoms with E-state index in [4.69, 9.17) is 0 Å². The lowest BCUT2D eigenvalue weighted by Gasteiger charge is -2.36. The molecule has 1 unspecified atom stereocenters. The highest BCUT2D eigenvalue weighted by Gasteiger charge is 2.26. The molecule has 100 valence electrons. The Morgan fingerprint density at radius 2 is 1.85 bits per heavy atom. The highest BCUT2D eigenvalue weighted by Crippen LogP contribution is 2.34. The Hall–Kier alpha value is -1.62. The molecule has 0 amide bonds. The number of aliphatic hydroxyl groups excluding tert-OH is 1. The van der Waals surface area contributed by atoms with Gasteiger partial charge in [-0.3, -0.25) is 0 Å². The summed E-state index contributed by atoms with van der Waals surface area (Å²) in [6, 6.07) is 3.86. The van der Waals surface area contributed by atoms with Gasteiger partial charge in [-0.15, -0.1) is 11.8 Å². The molecule has 0 saturated carbocycles. The molecule has 1 aromatic rings. The van der Waals surface area contributed by atoms with Crippen LogP contribution in [0.2, 0.25) is 0 Å². The van der Waals surface area contributed by atoms with E-state index in [1.165, 1.54) is 0 Å². The van der Waals surface area contributed by atoms with Crippen LogP contribution in [0.15, 0.2) is 74.4 Å². The van der Waals surface area contributed by atoms with Crippen LogP contribution < -0.4 is 5.11 Å². The minimum Gasteiger partial charge on any atom is -0.872 e. The molecule has 20 heavy (non-hydrogen) atoms. The van der Waals surface area contributed by atoms with E-state index in [1.54, 1.807) is 35.3 Å². The lowest BCUT2D eigenvalue weighted by atomic mass is 9.84. The fourth-order valence-corrected chi connectivity index (χ4v) is 3.14. The number of hydrogen-bond acceptors (Lipinski definition) is 3. The van der Waals surface area contributed by atoms with Gasteiger partial charge in [0.05, 0.1) is 0 Å². The van der Waals surface area contributed by atoms with Crippen molar-refractivity contribution in [3.63, 3.8) is 0 Å². The maximum atomic E-state index is 12.1. The lowest BCUT2D eigenvalue weighted by molar-refractivity contribution is -0.305. The fourth-order valence-electron chi connectivity index (χ4n) is 2.02. The zero-order valence-electron chi connectivity index (χ0n) is 10.5. The van der Waals surface area contributed by atoms with Crippen molar-refractivity contribution in [2.45, 2.75) is 6.10 Å². The van der Waals surface area contributed by atoms with Gasteiger partial charge in [0, 0.05) is 12.1 Å². The zero-order chi connectivity index (χ0) is 13.9. The molecule has 0 radical (unpaired) electrons. The molecule has 0 fully saturated rings. The van der Waals surface area contributed by atoms with Crippen LogP contribution in [0.3, 0.4) is 0 Å². The zero-order valence-corrected chi connectivity index (χ0v) is 12.2. The first-order valence-corrected chi connectivity index (χ1v) is 8.01. The van der Waals surface area contributed by atoms with Crippen LogP contribution in [-0.2, 0) is 0 Å². The van der Waals surface area contributed by atoms with Crippen molar-refractivity contribution in [2.75, 3.05) is 0 Å². The molecule has 0 saturated heterocycles. The monoisotopic (exact) mass is 300 g/mol. The molecule has 1 aliphatic carbocycles. The van der Waals surface area contributed by atoms with E-state index in [0.29, 0.717) is 11.1 Å². The highest BCUT2D eigenvalue weighted by atomic mass is 32.2. The third-order valence-corrected chi connectivity index (χ3v) is 4.29. The van der Waals surface area contributed by atoms with Crippen LogP contribution in [0.5, 0.6) is 0 Å². The Kier molecular flexibility index (Phi) is 3.87. The van der Waals surface area contributed by atoms with E-state index >= 15 is 0 Å². The van der Waals surface area contributed by atoms with E-state index in [9.17, 15) is 10.2 Å². The van der Waals surface area contributed by atoms with Gasteiger partial charge < -0.3 is 10.2 Å². The normalized spacial score (nSPS) is 23.1. The van der Waals surface area contributed by atoms with E-state index < -0.39 is 6.10 Å². The number of thioether (sulfide) groups is 1. The van der Waals surface area contributed by atoms with Crippen molar-refractivity contribution in [2.24, 2.45) is 0 Å². The maximum absolute atomic E-state index is 12.1. The first-order chi connectivity index (χ1) is 9.75. The van der Waals surface area contributed by atoms with Gasteiger partial charge in [0.2, 0.25) is 11.3 Å². The maximum Gasteiger partial charge on any atom is 0.211 e. The summed E-state index contributed by atoms with van der Waals surface area (Å²) in [4.78, 5) is 0. The fraction of sp³-hybridized carbons (Fsp3) is 0.0625. The van der Waals surface area contributed by atoms with Crippen molar-refractivity contribution >= 4 is 29.2 Å². The molecule has 3 rings (SSSR count). The predicted octanol–water partition coefficient (Wildman–Crippen LogP) is 3.10. The van der Waals surface area contributed by atoms with Gasteiger partial charge in [0.25, 0.3) is 0 Å². The Balaban J connectivity index is 1.88. The SMILES string of the molecule is [O-]C1=C(C=C2C=CSC=C2)C(O)C1=Cc1cc[s+]cc1. The first kappa shape index (κ1) is 13.4. The second kappa shape index (κ2) is 5.79. The minimum atomic E-state index is -0.782. The van der Waals surface area contributed by atoms with Crippen molar-refractivity contribution in [1.29, 1.82) is 0 Å². The molecule has 2 heterocycles. The van der Waals surface area contributed by atoms with Crippen molar-refractivity contribution < 1.29 is 10.2 Å². The van der Waals surface area contributed by atoms with Gasteiger partial charge in [-0.25, -0.2) is 0 Å². The lowest BCUT2D eigenvalue weighted by Crippen LogP contribution is -2.33. The van der Waals surface area contributed by atoms with Crippen molar-refractivity contribution in [3.8, 4) is 0 Å². The molecule has 1 atom stereocenters. The number of hydrogen-bond donors (Lipinski definition) is 1. The van der Waals surface area contributed by atoms with Gasteiger partial charge in [-0.2, -0.15) is 0 Å². The summed E-state index contributed by atoms with van der Waals surface area (Å²) in [5, 5.41) is 30.0. The van der Waals surface area contributed by atoms with Crippen molar-refractivity contribution in [3.05, 3.63) is 80.0 Å². The summed E-state index contributed by atoms with van der Waals surface area (Å²) < 4.78 is 0. The van der Waals surface area contributed by atoms with Crippen LogP contribution in [0, 0.1) is 0 Å². The standard InChI is InChI=1S/C16H12O2S2/c17-15-13(9-11-1-5-19-6-2-11)16(18)14(15)10-12-3-7-20-8-4-12/h1-10,15,17H. The molecule has 2 aliphatic rings. The van der Waals surface area contributed by atoms with E-state index in [-0.39, 0.29) is 5.76 Å². The molecule has 1 aromatic heterocycles. The second-order valence-corrected chi connectivity index (χ2v) is 6.05. The number of allylic oxidation sites excluding steroid dienone is 3. The van der Waals surface area contributed by atoms with Crippen molar-refractivity contribution in [1.82, 2.24) is 0 Å². The molecule has 1 N–H and O–H groups in total. The molecular weight excluding hydrogens is 288 g/mol. The van der Waals surface area contributed by atoms with Gasteiger partial charge in [-0.05, 0) is 57.4 Å². The third-order valence-electron chi connectivity index (χ3n) is 3.11. The number of rotatable bonds is 2. The Bertz CT molecular complexity index is 653. The van der Waals surface area contributed by atoms with E-state index in [1.807, 2.05) is 45.9 Å². The Morgan fingerprint density at radius 1 is 1.15 bits per heavy atom. The van der Waals surface area contributed by atoms with Crippen LogP contribution >= 0.6 is 23.1 Å². The molecular formula is C16H12O2S2. The summed E-state index contributed by atoms with van der Waals surface area (Å²) >= 11 is 3.17. The topological polar surface area (TPSA) is 43.3 Å². The molecule has 0 aromatic carbocycles. The van der Waals surface area contributed by atoms with E-state index in [0.717, 1.165) is 11.1 Å². The summed E-state index contributed by atoms with van der Waals surface area (Å²) in [5.41, 5.74) is 2.80. The van der Waals surface area contributed by atoms with Gasteiger partial charge >= 0.3 is 0 Å². The summed E-state index contributed by atoms with van der Waals surface area (Å²) in [5.74, 6) is -0.0717. The largest absolute Gasteiger partial charge is 0.872 e. The first-order valence-electron chi connectivity index (χ1n) is 6.13.